The number of rotatable bonds is 3. The topological polar surface area (TPSA) is 89.7 Å². The molecule has 1 aliphatic heterocycles. The standard InChI is InChI=1S/C21H24N2O5/c1-12-17(20(25)26-3)13(2)22-18(12)19(24)23-14-7-8-15-16(11-14)28-21(27-15)9-5-4-6-10-21/h7-8,11,22H,4-6,9-10H2,1-3H3,(H,23,24). The van der Waals surface area contributed by atoms with Crippen molar-refractivity contribution < 1.29 is 23.8 Å². The van der Waals surface area contributed by atoms with Gasteiger partial charge in [0.25, 0.3) is 11.7 Å². The highest BCUT2D eigenvalue weighted by Gasteiger charge is 2.42. The predicted octanol–water partition coefficient (Wildman–Crippen LogP) is 4.10. The molecule has 4 rings (SSSR count). The molecule has 1 aliphatic carbocycles. The fourth-order valence-electron chi connectivity index (χ4n) is 4.05. The van der Waals surface area contributed by atoms with Crippen LogP contribution in [0.15, 0.2) is 18.2 Å². The monoisotopic (exact) mass is 384 g/mol. The van der Waals surface area contributed by atoms with Crippen LogP contribution in [0, 0.1) is 13.8 Å². The van der Waals surface area contributed by atoms with Gasteiger partial charge in [0.1, 0.15) is 5.69 Å². The molecule has 1 aromatic heterocycles. The second kappa shape index (κ2) is 6.89. The lowest BCUT2D eigenvalue weighted by molar-refractivity contribution is -0.105. The van der Waals surface area contributed by atoms with Crippen molar-refractivity contribution in [2.45, 2.75) is 51.7 Å². The van der Waals surface area contributed by atoms with Gasteiger partial charge in [0.05, 0.1) is 12.7 Å². The van der Waals surface area contributed by atoms with E-state index in [0.29, 0.717) is 39.7 Å². The molecule has 1 aromatic carbocycles. The molecule has 0 saturated heterocycles. The number of hydrogen-bond donors (Lipinski definition) is 2. The third-order valence-electron chi connectivity index (χ3n) is 5.46. The van der Waals surface area contributed by atoms with Crippen molar-refractivity contribution in [3.8, 4) is 11.5 Å². The van der Waals surface area contributed by atoms with E-state index in [2.05, 4.69) is 10.3 Å². The van der Waals surface area contributed by atoms with Crippen molar-refractivity contribution in [2.75, 3.05) is 12.4 Å². The van der Waals surface area contributed by atoms with Crippen LogP contribution in [0.2, 0.25) is 0 Å². The first-order chi connectivity index (χ1) is 13.4. The highest BCUT2D eigenvalue weighted by Crippen LogP contribution is 2.46. The molecule has 0 atom stereocenters. The van der Waals surface area contributed by atoms with Crippen LogP contribution in [0.1, 0.15) is 64.2 Å². The number of hydrogen-bond acceptors (Lipinski definition) is 5. The number of ether oxygens (including phenoxy) is 3. The van der Waals surface area contributed by atoms with Gasteiger partial charge in [-0.15, -0.1) is 0 Å². The number of benzene rings is 1. The number of anilines is 1. The van der Waals surface area contributed by atoms with E-state index in [0.717, 1.165) is 25.7 Å². The fourth-order valence-corrected chi connectivity index (χ4v) is 4.05. The number of methoxy groups -OCH3 is 1. The van der Waals surface area contributed by atoms with Gasteiger partial charge in [-0.2, -0.15) is 0 Å². The molecule has 7 heteroatoms. The lowest BCUT2D eigenvalue weighted by Gasteiger charge is -2.31. The third kappa shape index (κ3) is 3.10. The van der Waals surface area contributed by atoms with Gasteiger partial charge in [-0.1, -0.05) is 6.42 Å². The quantitative estimate of drug-likeness (QED) is 0.778. The molecule has 1 amide bonds. The molecule has 1 fully saturated rings. The number of aromatic nitrogens is 1. The van der Waals surface area contributed by atoms with Crippen molar-refractivity contribution in [3.63, 3.8) is 0 Å². The molecule has 0 radical (unpaired) electrons. The van der Waals surface area contributed by atoms with Crippen LogP contribution in [-0.4, -0.2) is 29.8 Å². The summed E-state index contributed by atoms with van der Waals surface area (Å²) in [5, 5.41) is 2.86. The minimum atomic E-state index is -0.550. The van der Waals surface area contributed by atoms with Gasteiger partial charge < -0.3 is 24.5 Å². The average Bonchev–Trinajstić information content (AvgIpc) is 3.17. The van der Waals surface area contributed by atoms with E-state index in [4.69, 9.17) is 14.2 Å². The van der Waals surface area contributed by atoms with Crippen molar-refractivity contribution in [2.24, 2.45) is 0 Å². The van der Waals surface area contributed by atoms with Crippen LogP contribution in [0.25, 0.3) is 0 Å². The number of esters is 1. The van der Waals surface area contributed by atoms with Gasteiger partial charge in [0.2, 0.25) is 0 Å². The van der Waals surface area contributed by atoms with Crippen LogP contribution in [0.3, 0.4) is 0 Å². The molecule has 0 bridgehead atoms. The van der Waals surface area contributed by atoms with E-state index >= 15 is 0 Å². The highest BCUT2D eigenvalue weighted by molar-refractivity contribution is 6.07. The molecular formula is C21H24N2O5. The summed E-state index contributed by atoms with van der Waals surface area (Å²) < 4.78 is 17.0. The zero-order chi connectivity index (χ0) is 19.9. The Kier molecular flexibility index (Phi) is 4.53. The number of carbonyl (C=O) groups is 2. The molecule has 2 aliphatic rings. The fraction of sp³-hybridized carbons (Fsp3) is 0.429. The van der Waals surface area contributed by atoms with Gasteiger partial charge in [0.15, 0.2) is 11.5 Å². The maximum atomic E-state index is 12.7. The Balaban J connectivity index is 1.53. The minimum Gasteiger partial charge on any atom is -0.465 e. The molecule has 28 heavy (non-hydrogen) atoms. The largest absolute Gasteiger partial charge is 0.465 e. The van der Waals surface area contributed by atoms with Crippen LogP contribution >= 0.6 is 0 Å². The number of aromatic amines is 1. The molecule has 148 valence electrons. The maximum absolute atomic E-state index is 12.7. The number of H-pyrrole nitrogens is 1. The summed E-state index contributed by atoms with van der Waals surface area (Å²) in [7, 11) is 1.32. The maximum Gasteiger partial charge on any atom is 0.339 e. The second-order valence-electron chi connectivity index (χ2n) is 7.41. The zero-order valence-corrected chi connectivity index (χ0v) is 16.3. The normalized spacial score (nSPS) is 16.8. The van der Waals surface area contributed by atoms with Crippen molar-refractivity contribution in [1.29, 1.82) is 0 Å². The van der Waals surface area contributed by atoms with Crippen LogP contribution in [0.5, 0.6) is 11.5 Å². The predicted molar refractivity (Wildman–Crippen MR) is 103 cm³/mol. The molecule has 2 heterocycles. The van der Waals surface area contributed by atoms with Gasteiger partial charge >= 0.3 is 5.97 Å². The Hall–Kier alpha value is -2.96. The first kappa shape index (κ1) is 18.4. The molecule has 2 aromatic rings. The third-order valence-corrected chi connectivity index (χ3v) is 5.46. The van der Waals surface area contributed by atoms with Crippen molar-refractivity contribution in [3.05, 3.63) is 40.7 Å². The lowest BCUT2D eigenvalue weighted by atomic mass is 9.94. The van der Waals surface area contributed by atoms with Gasteiger partial charge in [-0.05, 0) is 44.4 Å². The number of amides is 1. The highest BCUT2D eigenvalue weighted by atomic mass is 16.7. The molecule has 7 nitrogen and oxygen atoms in total. The smallest absolute Gasteiger partial charge is 0.339 e. The Morgan fingerprint density at radius 3 is 2.54 bits per heavy atom. The van der Waals surface area contributed by atoms with E-state index in [1.54, 1.807) is 26.0 Å². The number of aryl methyl sites for hydroxylation is 1. The molecule has 0 unspecified atom stereocenters. The molecule has 1 saturated carbocycles. The molecule has 1 spiro atoms. The Labute approximate surface area is 163 Å². The summed E-state index contributed by atoms with van der Waals surface area (Å²) in [6, 6.07) is 5.39. The Bertz CT molecular complexity index is 941. The minimum absolute atomic E-state index is 0.331. The molecule has 2 N–H and O–H groups in total. The number of carbonyl (C=O) groups excluding carboxylic acids is 2. The van der Waals surface area contributed by atoms with E-state index in [1.165, 1.54) is 13.5 Å². The zero-order valence-electron chi connectivity index (χ0n) is 16.3. The van der Waals surface area contributed by atoms with Crippen molar-refractivity contribution >= 4 is 17.6 Å². The SMILES string of the molecule is COC(=O)c1c(C)[nH]c(C(=O)Nc2ccc3c(c2)OC2(CCCCC2)O3)c1C. The van der Waals surface area contributed by atoms with Gasteiger partial charge in [0, 0.05) is 30.3 Å². The van der Waals surface area contributed by atoms with E-state index < -0.39 is 11.8 Å². The first-order valence-electron chi connectivity index (χ1n) is 9.53. The summed E-state index contributed by atoms with van der Waals surface area (Å²) >= 11 is 0. The van der Waals surface area contributed by atoms with E-state index in [1.807, 2.05) is 6.07 Å². The van der Waals surface area contributed by atoms with Crippen LogP contribution in [0.4, 0.5) is 5.69 Å². The lowest BCUT2D eigenvalue weighted by Crippen LogP contribution is -2.40. The van der Waals surface area contributed by atoms with Crippen molar-refractivity contribution in [1.82, 2.24) is 4.98 Å². The van der Waals surface area contributed by atoms with E-state index in [9.17, 15) is 9.59 Å². The summed E-state index contributed by atoms with van der Waals surface area (Å²) in [4.78, 5) is 27.6. The van der Waals surface area contributed by atoms with Crippen LogP contribution < -0.4 is 14.8 Å². The van der Waals surface area contributed by atoms with Gasteiger partial charge in [-0.25, -0.2) is 4.79 Å². The number of nitrogens with one attached hydrogen (secondary N) is 2. The van der Waals surface area contributed by atoms with E-state index in [-0.39, 0.29) is 5.91 Å². The van der Waals surface area contributed by atoms with Gasteiger partial charge in [-0.3, -0.25) is 4.79 Å². The van der Waals surface area contributed by atoms with Crippen LogP contribution in [-0.2, 0) is 4.74 Å². The summed E-state index contributed by atoms with van der Waals surface area (Å²) in [6.45, 7) is 3.46. The molecular weight excluding hydrogens is 360 g/mol. The first-order valence-corrected chi connectivity index (χ1v) is 9.53. The summed E-state index contributed by atoms with van der Waals surface area (Å²) in [5.74, 6) is 0.00784. The average molecular weight is 384 g/mol. The Morgan fingerprint density at radius 1 is 1.11 bits per heavy atom. The Morgan fingerprint density at radius 2 is 1.82 bits per heavy atom. The number of fused-ring (bicyclic) bond motifs is 1. The summed E-state index contributed by atoms with van der Waals surface area (Å²) in [6.07, 6.45) is 5.13. The second-order valence-corrected chi connectivity index (χ2v) is 7.41. The summed E-state index contributed by atoms with van der Waals surface area (Å²) in [5.41, 5.74) is 2.48.